The molecule has 200 valence electrons. The molecule has 1 atom stereocenters. The molecule has 0 spiro atoms. The van der Waals surface area contributed by atoms with E-state index in [1.807, 2.05) is 19.2 Å². The van der Waals surface area contributed by atoms with Gasteiger partial charge in [0.15, 0.2) is 5.13 Å². The first-order chi connectivity index (χ1) is 17.4. The van der Waals surface area contributed by atoms with Gasteiger partial charge in [-0.25, -0.2) is 0 Å². The van der Waals surface area contributed by atoms with Crippen LogP contribution in [0.2, 0.25) is 10.0 Å². The molecule has 0 amide bonds. The van der Waals surface area contributed by atoms with E-state index < -0.39 is 10.2 Å². The Kier molecular flexibility index (Phi) is 8.52. The molecule has 11 heteroatoms. The van der Waals surface area contributed by atoms with Gasteiger partial charge in [-0.3, -0.25) is 14.6 Å². The standard InChI is InChI=1S/C26H31Cl2FN4O2S2/c1-18-4-5-19(15-30-18)25(2,3)33-13-12-26(17-33,11-10-21-7-9-24(29)36-21)16-31-37(34,35)32-23-8-6-20(27)14-22(23)28/h4-9,14-15,31-32H,10-13,16-17H2,1-3H3/t26-/m0/s1. The molecule has 3 heterocycles. The molecule has 0 saturated carbocycles. The normalized spacial score (nSPS) is 18.9. The summed E-state index contributed by atoms with van der Waals surface area (Å²) >= 11 is 13.2. The van der Waals surface area contributed by atoms with Gasteiger partial charge in [0.25, 0.3) is 10.2 Å². The van der Waals surface area contributed by atoms with Crippen molar-refractivity contribution < 1.29 is 12.8 Å². The van der Waals surface area contributed by atoms with Crippen molar-refractivity contribution in [3.05, 3.63) is 80.0 Å². The van der Waals surface area contributed by atoms with Crippen LogP contribution in [-0.2, 0) is 22.2 Å². The molecule has 1 aromatic carbocycles. The smallest absolute Gasteiger partial charge is 0.293 e. The highest BCUT2D eigenvalue weighted by Crippen LogP contribution is 2.41. The SMILES string of the molecule is Cc1ccc(C(C)(C)N2CC[C@@](CCc3ccc(F)s3)(CNS(=O)(=O)Nc3ccc(Cl)cc3Cl)C2)cn1. The molecule has 6 nitrogen and oxygen atoms in total. The Morgan fingerprint density at radius 2 is 1.97 bits per heavy atom. The third kappa shape index (κ3) is 7.02. The minimum absolute atomic E-state index is 0.213. The Hall–Kier alpha value is -1.75. The van der Waals surface area contributed by atoms with Crippen molar-refractivity contribution in [1.82, 2.24) is 14.6 Å². The summed E-state index contributed by atoms with van der Waals surface area (Å²) in [7, 11) is -3.90. The first-order valence-corrected chi connectivity index (χ1v) is 15.1. The molecule has 0 radical (unpaired) electrons. The number of anilines is 1. The fourth-order valence-electron chi connectivity index (χ4n) is 4.74. The van der Waals surface area contributed by atoms with Crippen molar-refractivity contribution in [2.45, 2.75) is 45.6 Å². The Morgan fingerprint density at radius 3 is 2.62 bits per heavy atom. The predicted octanol–water partition coefficient (Wildman–Crippen LogP) is 6.40. The third-order valence-electron chi connectivity index (χ3n) is 7.19. The summed E-state index contributed by atoms with van der Waals surface area (Å²) in [5.41, 5.74) is 1.69. The Labute approximate surface area is 232 Å². The fourth-order valence-corrected chi connectivity index (χ4v) is 7.01. The van der Waals surface area contributed by atoms with Crippen LogP contribution in [0.25, 0.3) is 0 Å². The number of aromatic nitrogens is 1. The van der Waals surface area contributed by atoms with Gasteiger partial charge in [-0.05, 0) is 94.0 Å². The molecule has 0 bridgehead atoms. The summed E-state index contributed by atoms with van der Waals surface area (Å²) in [6.07, 6.45) is 4.10. The molecule has 37 heavy (non-hydrogen) atoms. The van der Waals surface area contributed by atoms with Crippen LogP contribution >= 0.6 is 34.5 Å². The van der Waals surface area contributed by atoms with Crippen LogP contribution in [0.15, 0.2) is 48.7 Å². The maximum atomic E-state index is 13.6. The highest BCUT2D eigenvalue weighted by Gasteiger charge is 2.44. The fraction of sp³-hybridized carbons (Fsp3) is 0.423. The first kappa shape index (κ1) is 28.3. The number of thiophene rings is 1. The van der Waals surface area contributed by atoms with Crippen LogP contribution in [0.5, 0.6) is 0 Å². The number of rotatable bonds is 10. The number of nitrogens with zero attached hydrogens (tertiary/aromatic N) is 2. The Balaban J connectivity index is 1.52. The van der Waals surface area contributed by atoms with Gasteiger partial charge >= 0.3 is 0 Å². The van der Waals surface area contributed by atoms with Gasteiger partial charge in [-0.15, -0.1) is 11.3 Å². The monoisotopic (exact) mass is 584 g/mol. The molecular formula is C26H31Cl2FN4O2S2. The van der Waals surface area contributed by atoms with Gasteiger partial charge in [0.05, 0.1) is 10.7 Å². The number of benzene rings is 1. The molecule has 2 N–H and O–H groups in total. The number of hydrogen-bond acceptors (Lipinski definition) is 5. The maximum absolute atomic E-state index is 13.6. The summed E-state index contributed by atoms with van der Waals surface area (Å²) in [5.74, 6) is 0. The minimum atomic E-state index is -3.90. The zero-order valence-electron chi connectivity index (χ0n) is 21.0. The zero-order chi connectivity index (χ0) is 26.8. The number of nitrogens with one attached hydrogen (secondary N) is 2. The van der Waals surface area contributed by atoms with E-state index >= 15 is 0 Å². The lowest BCUT2D eigenvalue weighted by molar-refractivity contribution is 0.128. The van der Waals surface area contributed by atoms with Crippen LogP contribution in [0.1, 0.15) is 42.8 Å². The second-order valence-electron chi connectivity index (χ2n) is 10.2. The van der Waals surface area contributed by atoms with Crippen molar-refractivity contribution in [3.63, 3.8) is 0 Å². The molecule has 3 aromatic rings. The number of halogens is 3. The minimum Gasteiger partial charge on any atom is -0.293 e. The van der Waals surface area contributed by atoms with E-state index in [4.69, 9.17) is 23.2 Å². The van der Waals surface area contributed by atoms with Crippen molar-refractivity contribution >= 4 is 50.4 Å². The van der Waals surface area contributed by atoms with E-state index in [0.29, 0.717) is 18.0 Å². The average molecular weight is 586 g/mol. The van der Waals surface area contributed by atoms with Crippen molar-refractivity contribution in [2.75, 3.05) is 24.4 Å². The van der Waals surface area contributed by atoms with E-state index in [0.717, 1.165) is 46.9 Å². The van der Waals surface area contributed by atoms with Gasteiger partial charge in [-0.1, -0.05) is 29.3 Å². The highest BCUT2D eigenvalue weighted by molar-refractivity contribution is 7.90. The van der Waals surface area contributed by atoms with Crippen molar-refractivity contribution in [2.24, 2.45) is 5.41 Å². The number of likely N-dealkylation sites (tertiary alicyclic amines) is 1. The number of aryl methyl sites for hydroxylation is 2. The van der Waals surface area contributed by atoms with Crippen LogP contribution < -0.4 is 9.44 Å². The Bertz CT molecular complexity index is 1350. The lowest BCUT2D eigenvalue weighted by Gasteiger charge is -2.38. The van der Waals surface area contributed by atoms with Crippen LogP contribution in [0, 0.1) is 17.5 Å². The largest absolute Gasteiger partial charge is 0.299 e. The van der Waals surface area contributed by atoms with Gasteiger partial charge in [0.1, 0.15) is 0 Å². The van der Waals surface area contributed by atoms with E-state index in [1.54, 1.807) is 12.1 Å². The lowest BCUT2D eigenvalue weighted by Crippen LogP contribution is -2.45. The van der Waals surface area contributed by atoms with Crippen LogP contribution in [0.3, 0.4) is 0 Å². The van der Waals surface area contributed by atoms with Gasteiger partial charge in [0.2, 0.25) is 0 Å². The molecule has 4 rings (SSSR count). The van der Waals surface area contributed by atoms with E-state index in [2.05, 4.69) is 39.2 Å². The van der Waals surface area contributed by atoms with E-state index in [1.165, 1.54) is 18.2 Å². The molecule has 1 aliphatic heterocycles. The highest BCUT2D eigenvalue weighted by atomic mass is 35.5. The quantitative estimate of drug-likeness (QED) is 0.289. The zero-order valence-corrected chi connectivity index (χ0v) is 24.2. The van der Waals surface area contributed by atoms with Crippen LogP contribution in [-0.4, -0.2) is 37.9 Å². The van der Waals surface area contributed by atoms with E-state index in [9.17, 15) is 12.8 Å². The molecule has 0 unspecified atom stereocenters. The molecule has 1 saturated heterocycles. The molecule has 1 fully saturated rings. The summed E-state index contributed by atoms with van der Waals surface area (Å²) in [4.78, 5) is 7.80. The topological polar surface area (TPSA) is 74.3 Å². The second kappa shape index (κ2) is 11.2. The van der Waals surface area contributed by atoms with Gasteiger partial charge < -0.3 is 0 Å². The molecular weight excluding hydrogens is 554 g/mol. The van der Waals surface area contributed by atoms with Gasteiger partial charge in [-0.2, -0.15) is 17.5 Å². The lowest BCUT2D eigenvalue weighted by atomic mass is 9.82. The van der Waals surface area contributed by atoms with Crippen molar-refractivity contribution in [1.29, 1.82) is 0 Å². The summed E-state index contributed by atoms with van der Waals surface area (Å²) in [5, 5.41) is 0.421. The Morgan fingerprint density at radius 1 is 1.19 bits per heavy atom. The third-order valence-corrected chi connectivity index (χ3v) is 9.68. The molecule has 0 aliphatic carbocycles. The maximum Gasteiger partial charge on any atom is 0.299 e. The first-order valence-electron chi connectivity index (χ1n) is 12.0. The van der Waals surface area contributed by atoms with Crippen LogP contribution in [0.4, 0.5) is 10.1 Å². The number of pyridine rings is 1. The average Bonchev–Trinajstić information content (AvgIpc) is 3.46. The summed E-state index contributed by atoms with van der Waals surface area (Å²) < 4.78 is 44.8. The second-order valence-corrected chi connectivity index (χ2v) is 13.6. The number of hydrogen-bond donors (Lipinski definition) is 2. The molecule has 1 aliphatic rings. The summed E-state index contributed by atoms with van der Waals surface area (Å²) in [6, 6.07) is 12.0. The van der Waals surface area contributed by atoms with E-state index in [-0.39, 0.29) is 33.3 Å². The van der Waals surface area contributed by atoms with Gasteiger partial charge in [0, 0.05) is 40.4 Å². The predicted molar refractivity (Wildman–Crippen MR) is 150 cm³/mol. The van der Waals surface area contributed by atoms with Crippen molar-refractivity contribution in [3.8, 4) is 0 Å². The molecule has 2 aromatic heterocycles. The summed E-state index contributed by atoms with van der Waals surface area (Å²) in [6.45, 7) is 8.02.